The predicted molar refractivity (Wildman–Crippen MR) is 147 cm³/mol. The zero-order chi connectivity index (χ0) is 27.1. The molecule has 2 aromatic rings. The Kier molecular flexibility index (Phi) is 9.65. The summed E-state index contributed by atoms with van der Waals surface area (Å²) in [6.07, 6.45) is 3.05. The third-order valence-corrected chi connectivity index (χ3v) is 7.94. The number of amides is 2. The number of ether oxygens (including phenoxy) is 2. The van der Waals surface area contributed by atoms with Crippen molar-refractivity contribution >= 4 is 6.03 Å². The molecule has 2 amide bonds. The second-order valence-electron chi connectivity index (χ2n) is 10.6. The van der Waals surface area contributed by atoms with Gasteiger partial charge in [0.1, 0.15) is 11.5 Å². The van der Waals surface area contributed by atoms with Crippen molar-refractivity contribution in [1.29, 1.82) is 0 Å². The van der Waals surface area contributed by atoms with Crippen molar-refractivity contribution in [2.45, 2.75) is 63.7 Å². The van der Waals surface area contributed by atoms with Gasteiger partial charge in [0.05, 0.1) is 11.7 Å². The van der Waals surface area contributed by atoms with E-state index in [1.807, 2.05) is 67.3 Å². The minimum Gasteiger partial charge on any atom is -0.457 e. The van der Waals surface area contributed by atoms with Crippen molar-refractivity contribution in [2.24, 2.45) is 11.7 Å². The topological polar surface area (TPSA) is 108 Å². The number of piperidine rings is 1. The molecule has 208 valence electrons. The van der Waals surface area contributed by atoms with Crippen molar-refractivity contribution in [3.05, 3.63) is 59.7 Å². The van der Waals surface area contributed by atoms with E-state index < -0.39 is 17.7 Å². The average Bonchev–Trinajstić information content (AvgIpc) is 3.27. The van der Waals surface area contributed by atoms with Crippen LogP contribution in [-0.4, -0.2) is 77.6 Å². The van der Waals surface area contributed by atoms with Crippen LogP contribution in [0.5, 0.6) is 11.5 Å². The molecule has 38 heavy (non-hydrogen) atoms. The Hall–Kier alpha value is -2.65. The van der Waals surface area contributed by atoms with E-state index in [2.05, 4.69) is 0 Å². The number of benzene rings is 2. The first-order valence-electron chi connectivity index (χ1n) is 13.9. The van der Waals surface area contributed by atoms with E-state index >= 15 is 0 Å². The number of aliphatic hydroxyl groups excluding tert-OH is 1. The van der Waals surface area contributed by atoms with E-state index in [1.54, 1.807) is 4.90 Å². The molecule has 2 fully saturated rings. The van der Waals surface area contributed by atoms with E-state index in [0.29, 0.717) is 45.0 Å². The molecule has 0 spiro atoms. The fraction of sp³-hybridized carbons (Fsp3) is 0.567. The van der Waals surface area contributed by atoms with E-state index in [9.17, 15) is 15.0 Å². The highest BCUT2D eigenvalue weighted by atomic mass is 16.5. The van der Waals surface area contributed by atoms with Crippen LogP contribution in [0.25, 0.3) is 0 Å². The number of nitrogens with two attached hydrogens (primary N) is 1. The summed E-state index contributed by atoms with van der Waals surface area (Å²) in [7, 11) is 0. The van der Waals surface area contributed by atoms with Crippen molar-refractivity contribution in [2.75, 3.05) is 39.4 Å². The normalized spacial score (nSPS) is 23.3. The summed E-state index contributed by atoms with van der Waals surface area (Å²) in [6.45, 7) is 6.96. The van der Waals surface area contributed by atoms with Crippen LogP contribution < -0.4 is 10.5 Å². The Bertz CT molecular complexity index is 1060. The number of urea groups is 1. The standard InChI is InChI=1S/C30H43N3O5/c1-3-37-18-9-8-16-30(36,24-13-5-7-15-28(24)38-27-14-6-4-11-22(27)2)23-12-10-17-32(19-23)29(35)33-20-25(31)26(34)21-33/h4-7,11,13-15,23,25-26,34,36H,3,8-10,12,16-21,31H2,1-2H3/t23?,25-,26+,30+/m1/s1. The number of nitrogens with zero attached hydrogens (tertiary/aromatic N) is 2. The Balaban J connectivity index is 1.60. The number of aryl methyl sites for hydroxylation is 1. The predicted octanol–water partition coefficient (Wildman–Crippen LogP) is 4.02. The van der Waals surface area contributed by atoms with Crippen LogP contribution in [0.3, 0.4) is 0 Å². The second-order valence-corrected chi connectivity index (χ2v) is 10.6. The fourth-order valence-electron chi connectivity index (χ4n) is 5.71. The number of rotatable bonds is 10. The van der Waals surface area contributed by atoms with E-state index in [-0.39, 0.29) is 18.5 Å². The zero-order valence-corrected chi connectivity index (χ0v) is 22.7. The number of carbonyl (C=O) groups is 1. The van der Waals surface area contributed by atoms with Gasteiger partial charge in [-0.15, -0.1) is 0 Å². The number of hydrogen-bond acceptors (Lipinski definition) is 6. The highest BCUT2D eigenvalue weighted by molar-refractivity contribution is 5.75. The van der Waals surface area contributed by atoms with Gasteiger partial charge in [-0.1, -0.05) is 36.4 Å². The van der Waals surface area contributed by atoms with E-state index in [4.69, 9.17) is 15.2 Å². The second kappa shape index (κ2) is 12.9. The number of β-amino-alcohol motifs (C(OH)–C–C–N with tert-alkyl or cyclic N) is 1. The summed E-state index contributed by atoms with van der Waals surface area (Å²) in [5.41, 5.74) is 6.54. The van der Waals surface area contributed by atoms with Crippen LogP contribution in [0.15, 0.2) is 48.5 Å². The zero-order valence-electron chi connectivity index (χ0n) is 22.7. The molecule has 0 bridgehead atoms. The van der Waals surface area contributed by atoms with Gasteiger partial charge < -0.3 is 35.2 Å². The van der Waals surface area contributed by atoms with Gasteiger partial charge in [0, 0.05) is 56.9 Å². The van der Waals surface area contributed by atoms with E-state index in [0.717, 1.165) is 42.6 Å². The first kappa shape index (κ1) is 28.4. The average molecular weight is 526 g/mol. The molecule has 4 atom stereocenters. The molecule has 4 N–H and O–H groups in total. The summed E-state index contributed by atoms with van der Waals surface area (Å²) in [5, 5.41) is 22.6. The molecule has 8 nitrogen and oxygen atoms in total. The smallest absolute Gasteiger partial charge is 0.320 e. The van der Waals surface area contributed by atoms with Gasteiger partial charge >= 0.3 is 6.03 Å². The molecule has 1 unspecified atom stereocenters. The van der Waals surface area contributed by atoms with Crippen LogP contribution >= 0.6 is 0 Å². The molecule has 0 aliphatic carbocycles. The summed E-state index contributed by atoms with van der Waals surface area (Å²) < 4.78 is 11.9. The molecule has 2 aliphatic rings. The highest BCUT2D eigenvalue weighted by Crippen LogP contribution is 2.44. The molecule has 2 saturated heterocycles. The number of likely N-dealkylation sites (tertiary alicyclic amines) is 2. The third kappa shape index (κ3) is 6.49. The summed E-state index contributed by atoms with van der Waals surface area (Å²) >= 11 is 0. The SMILES string of the molecule is CCOCCCC[C@@](O)(c1ccccc1Oc1ccccc1C)C1CCCN(C(=O)N2C[C@@H](N)[C@@H](O)C2)C1. The monoisotopic (exact) mass is 525 g/mol. The molecule has 4 rings (SSSR count). The van der Waals surface area contributed by atoms with Crippen LogP contribution in [0.4, 0.5) is 4.79 Å². The summed E-state index contributed by atoms with van der Waals surface area (Å²) in [6, 6.07) is 15.0. The van der Waals surface area contributed by atoms with Crippen LogP contribution in [0, 0.1) is 12.8 Å². The largest absolute Gasteiger partial charge is 0.457 e. The maximum atomic E-state index is 13.3. The molecule has 0 saturated carbocycles. The Labute approximate surface area is 226 Å². The molecular formula is C30H43N3O5. The molecule has 2 aromatic carbocycles. The molecule has 2 aliphatic heterocycles. The van der Waals surface area contributed by atoms with E-state index in [1.165, 1.54) is 0 Å². The lowest BCUT2D eigenvalue weighted by Crippen LogP contribution is -2.51. The highest BCUT2D eigenvalue weighted by Gasteiger charge is 2.44. The molecule has 8 heteroatoms. The minimum atomic E-state index is -1.19. The van der Waals surface area contributed by atoms with Gasteiger partial charge in [-0.05, 0) is 63.6 Å². The number of hydrogen-bond donors (Lipinski definition) is 3. The molecular weight excluding hydrogens is 482 g/mol. The number of unbranched alkanes of at least 4 members (excludes halogenated alkanes) is 1. The van der Waals surface area contributed by atoms with Crippen molar-refractivity contribution in [3.8, 4) is 11.5 Å². The lowest BCUT2D eigenvalue weighted by atomic mass is 9.73. The van der Waals surface area contributed by atoms with Crippen molar-refractivity contribution in [3.63, 3.8) is 0 Å². The first-order valence-corrected chi connectivity index (χ1v) is 13.9. The number of aliphatic hydroxyl groups is 2. The number of para-hydroxylation sites is 2. The third-order valence-electron chi connectivity index (χ3n) is 7.94. The van der Waals surface area contributed by atoms with Gasteiger partial charge in [0.2, 0.25) is 0 Å². The fourth-order valence-corrected chi connectivity index (χ4v) is 5.71. The Morgan fingerprint density at radius 3 is 2.50 bits per heavy atom. The maximum absolute atomic E-state index is 13.3. The van der Waals surface area contributed by atoms with Gasteiger partial charge in [0.25, 0.3) is 0 Å². The van der Waals surface area contributed by atoms with Gasteiger partial charge in [-0.25, -0.2) is 4.79 Å². The minimum absolute atomic E-state index is 0.121. The first-order chi connectivity index (χ1) is 18.3. The summed E-state index contributed by atoms with van der Waals surface area (Å²) in [5.74, 6) is 1.21. The van der Waals surface area contributed by atoms with Crippen molar-refractivity contribution < 1.29 is 24.5 Å². The van der Waals surface area contributed by atoms with Crippen LogP contribution in [0.2, 0.25) is 0 Å². The van der Waals surface area contributed by atoms with Crippen LogP contribution in [0.1, 0.15) is 50.2 Å². The Morgan fingerprint density at radius 1 is 1.05 bits per heavy atom. The maximum Gasteiger partial charge on any atom is 0.320 e. The molecule has 2 heterocycles. The quantitative estimate of drug-likeness (QED) is 0.405. The lowest BCUT2D eigenvalue weighted by molar-refractivity contribution is -0.0589. The van der Waals surface area contributed by atoms with Crippen LogP contribution in [-0.2, 0) is 10.3 Å². The number of carbonyl (C=O) groups excluding carboxylic acids is 1. The van der Waals surface area contributed by atoms with Gasteiger partial charge in [-0.2, -0.15) is 0 Å². The lowest BCUT2D eigenvalue weighted by Gasteiger charge is -2.44. The van der Waals surface area contributed by atoms with Crippen molar-refractivity contribution in [1.82, 2.24) is 9.80 Å². The molecule has 0 aromatic heterocycles. The Morgan fingerprint density at radius 2 is 1.79 bits per heavy atom. The summed E-state index contributed by atoms with van der Waals surface area (Å²) in [4.78, 5) is 16.8. The molecule has 0 radical (unpaired) electrons. The van der Waals surface area contributed by atoms with Gasteiger partial charge in [0.15, 0.2) is 0 Å². The van der Waals surface area contributed by atoms with Gasteiger partial charge in [-0.3, -0.25) is 0 Å².